The topological polar surface area (TPSA) is 28.6 Å². The van der Waals surface area contributed by atoms with Gasteiger partial charge in [-0.15, -0.1) is 0 Å². The highest BCUT2D eigenvalue weighted by Crippen LogP contribution is 2.36. The number of hydrogen-bond acceptors (Lipinski definition) is 5. The number of rotatable bonds is 5. The van der Waals surface area contributed by atoms with Crippen LogP contribution in [-0.4, -0.2) is 49.7 Å². The second-order valence-electron chi connectivity index (χ2n) is 6.86. The molecule has 0 saturated carbocycles. The fourth-order valence-corrected chi connectivity index (χ4v) is 4.53. The van der Waals surface area contributed by atoms with E-state index in [1.165, 1.54) is 15.8 Å². The van der Waals surface area contributed by atoms with Crippen molar-refractivity contribution in [1.29, 1.82) is 0 Å². The third-order valence-corrected chi connectivity index (χ3v) is 6.28. The summed E-state index contributed by atoms with van der Waals surface area (Å²) >= 11 is 1.78. The quantitative estimate of drug-likeness (QED) is 0.655. The molecule has 5 heteroatoms. The Balaban J connectivity index is 1.38. The molecule has 0 bridgehead atoms. The van der Waals surface area contributed by atoms with Gasteiger partial charge in [-0.1, -0.05) is 59.9 Å². The Morgan fingerprint density at radius 1 is 1.07 bits per heavy atom. The molecule has 1 aliphatic heterocycles. The molecule has 0 amide bonds. The number of piperazine rings is 1. The van der Waals surface area contributed by atoms with Crippen molar-refractivity contribution in [3.63, 3.8) is 0 Å². The van der Waals surface area contributed by atoms with E-state index in [4.69, 9.17) is 9.72 Å². The predicted molar refractivity (Wildman–Crippen MR) is 115 cm³/mol. The molecule has 0 atom stereocenters. The van der Waals surface area contributed by atoms with Crippen LogP contribution in [0.3, 0.4) is 0 Å². The SMILES string of the molecule is COc1ccc(C)c2sc(N3CCN(C/C=C/c4ccccc4)CC3)nc12. The Kier molecular flexibility index (Phi) is 5.41. The van der Waals surface area contributed by atoms with Crippen LogP contribution < -0.4 is 9.64 Å². The fraction of sp³-hybridized carbons (Fsp3) is 0.318. The monoisotopic (exact) mass is 379 g/mol. The molecule has 0 N–H and O–H groups in total. The van der Waals surface area contributed by atoms with Gasteiger partial charge in [-0.2, -0.15) is 0 Å². The van der Waals surface area contributed by atoms with E-state index in [0.717, 1.165) is 49.1 Å². The number of fused-ring (bicyclic) bond motifs is 1. The largest absolute Gasteiger partial charge is 0.494 e. The summed E-state index contributed by atoms with van der Waals surface area (Å²) in [7, 11) is 1.71. The van der Waals surface area contributed by atoms with Gasteiger partial charge < -0.3 is 9.64 Å². The summed E-state index contributed by atoms with van der Waals surface area (Å²) in [5.41, 5.74) is 3.51. The molecule has 2 heterocycles. The van der Waals surface area contributed by atoms with Gasteiger partial charge in [-0.25, -0.2) is 4.98 Å². The van der Waals surface area contributed by atoms with Crippen molar-refractivity contribution in [3.8, 4) is 5.75 Å². The summed E-state index contributed by atoms with van der Waals surface area (Å²) in [5, 5.41) is 1.11. The van der Waals surface area contributed by atoms with E-state index in [1.807, 2.05) is 6.07 Å². The van der Waals surface area contributed by atoms with E-state index in [9.17, 15) is 0 Å². The van der Waals surface area contributed by atoms with Gasteiger partial charge >= 0.3 is 0 Å². The normalized spacial score (nSPS) is 15.7. The first-order valence-corrected chi connectivity index (χ1v) is 10.2. The van der Waals surface area contributed by atoms with Crippen LogP contribution >= 0.6 is 11.3 Å². The highest BCUT2D eigenvalue weighted by atomic mass is 32.1. The van der Waals surface area contributed by atoms with Crippen LogP contribution in [0.5, 0.6) is 5.75 Å². The van der Waals surface area contributed by atoms with E-state index < -0.39 is 0 Å². The lowest BCUT2D eigenvalue weighted by atomic mass is 10.2. The summed E-state index contributed by atoms with van der Waals surface area (Å²) in [6.07, 6.45) is 4.46. The zero-order valence-corrected chi connectivity index (χ0v) is 16.7. The number of benzene rings is 2. The Labute approximate surface area is 164 Å². The average Bonchev–Trinajstić information content (AvgIpc) is 3.16. The predicted octanol–water partition coefficient (Wildman–Crippen LogP) is 4.45. The molecule has 140 valence electrons. The number of methoxy groups -OCH3 is 1. The van der Waals surface area contributed by atoms with Crippen LogP contribution in [0, 0.1) is 6.92 Å². The molecule has 0 aliphatic carbocycles. The van der Waals surface area contributed by atoms with Gasteiger partial charge in [0, 0.05) is 32.7 Å². The summed E-state index contributed by atoms with van der Waals surface area (Å²) in [6.45, 7) is 7.29. The maximum Gasteiger partial charge on any atom is 0.186 e. The van der Waals surface area contributed by atoms with Gasteiger partial charge in [0.2, 0.25) is 0 Å². The molecule has 1 aliphatic rings. The van der Waals surface area contributed by atoms with Crippen molar-refractivity contribution in [2.45, 2.75) is 6.92 Å². The van der Waals surface area contributed by atoms with Crippen molar-refractivity contribution in [3.05, 3.63) is 59.7 Å². The molecule has 1 saturated heterocycles. The van der Waals surface area contributed by atoms with Crippen molar-refractivity contribution in [2.75, 3.05) is 44.7 Å². The van der Waals surface area contributed by atoms with Gasteiger partial charge in [-0.3, -0.25) is 4.90 Å². The number of anilines is 1. The minimum absolute atomic E-state index is 0.864. The Morgan fingerprint density at radius 3 is 2.59 bits per heavy atom. The lowest BCUT2D eigenvalue weighted by Gasteiger charge is -2.33. The van der Waals surface area contributed by atoms with Crippen LogP contribution in [0.1, 0.15) is 11.1 Å². The number of hydrogen-bond donors (Lipinski definition) is 0. The van der Waals surface area contributed by atoms with Crippen molar-refractivity contribution in [1.82, 2.24) is 9.88 Å². The van der Waals surface area contributed by atoms with E-state index in [1.54, 1.807) is 18.4 Å². The second kappa shape index (κ2) is 8.11. The molecule has 2 aromatic carbocycles. The first-order valence-electron chi connectivity index (χ1n) is 9.37. The van der Waals surface area contributed by atoms with Crippen LogP contribution in [0.2, 0.25) is 0 Å². The number of aromatic nitrogens is 1. The first-order chi connectivity index (χ1) is 13.2. The van der Waals surface area contributed by atoms with E-state index in [-0.39, 0.29) is 0 Å². The molecule has 27 heavy (non-hydrogen) atoms. The number of aryl methyl sites for hydroxylation is 1. The van der Waals surface area contributed by atoms with Crippen LogP contribution in [-0.2, 0) is 0 Å². The van der Waals surface area contributed by atoms with Crippen molar-refractivity contribution < 1.29 is 4.74 Å². The van der Waals surface area contributed by atoms with Crippen LogP contribution in [0.15, 0.2) is 48.5 Å². The zero-order valence-electron chi connectivity index (χ0n) is 15.9. The second-order valence-corrected chi connectivity index (χ2v) is 7.84. The highest BCUT2D eigenvalue weighted by molar-refractivity contribution is 7.22. The van der Waals surface area contributed by atoms with Gasteiger partial charge in [0.15, 0.2) is 5.13 Å². The number of nitrogens with zero attached hydrogens (tertiary/aromatic N) is 3. The molecular weight excluding hydrogens is 354 g/mol. The molecule has 0 radical (unpaired) electrons. The minimum Gasteiger partial charge on any atom is -0.494 e. The van der Waals surface area contributed by atoms with Crippen LogP contribution in [0.25, 0.3) is 16.3 Å². The van der Waals surface area contributed by atoms with Gasteiger partial charge in [0.25, 0.3) is 0 Å². The summed E-state index contributed by atoms with van der Waals surface area (Å²) in [6, 6.07) is 14.6. The fourth-order valence-electron chi connectivity index (χ4n) is 3.42. The molecular formula is C22H25N3OS. The molecule has 4 rings (SSSR count). The maximum absolute atomic E-state index is 5.49. The Bertz CT molecular complexity index is 927. The molecule has 1 aromatic heterocycles. The van der Waals surface area contributed by atoms with Gasteiger partial charge in [-0.05, 0) is 24.1 Å². The first kappa shape index (κ1) is 18.0. The molecule has 1 fully saturated rings. The standard InChI is InChI=1S/C22H25N3OS/c1-17-10-11-19(26-2)20-21(17)27-22(23-20)25-15-13-24(14-16-25)12-6-9-18-7-4-3-5-8-18/h3-11H,12-16H2,1-2H3/b9-6+. The van der Waals surface area contributed by atoms with Gasteiger partial charge in [0.05, 0.1) is 11.8 Å². The molecule has 4 nitrogen and oxygen atoms in total. The van der Waals surface area contributed by atoms with E-state index in [0.29, 0.717) is 0 Å². The maximum atomic E-state index is 5.49. The number of thiazole rings is 1. The third-order valence-electron chi connectivity index (χ3n) is 5.03. The minimum atomic E-state index is 0.864. The van der Waals surface area contributed by atoms with Crippen LogP contribution in [0.4, 0.5) is 5.13 Å². The molecule has 0 unspecified atom stereocenters. The van der Waals surface area contributed by atoms with E-state index in [2.05, 4.69) is 65.3 Å². The summed E-state index contributed by atoms with van der Waals surface area (Å²) < 4.78 is 6.72. The summed E-state index contributed by atoms with van der Waals surface area (Å²) in [4.78, 5) is 9.78. The Hall–Kier alpha value is -2.37. The third kappa shape index (κ3) is 3.99. The number of ether oxygens (including phenoxy) is 1. The molecule has 0 spiro atoms. The van der Waals surface area contributed by atoms with Gasteiger partial charge in [0.1, 0.15) is 11.3 Å². The summed E-state index contributed by atoms with van der Waals surface area (Å²) in [5.74, 6) is 0.864. The smallest absolute Gasteiger partial charge is 0.186 e. The van der Waals surface area contributed by atoms with Crippen molar-refractivity contribution >= 4 is 32.8 Å². The van der Waals surface area contributed by atoms with Crippen molar-refractivity contribution in [2.24, 2.45) is 0 Å². The lowest BCUT2D eigenvalue weighted by molar-refractivity contribution is 0.284. The average molecular weight is 380 g/mol. The lowest BCUT2D eigenvalue weighted by Crippen LogP contribution is -2.46. The Morgan fingerprint density at radius 2 is 1.85 bits per heavy atom. The molecule has 3 aromatic rings. The highest BCUT2D eigenvalue weighted by Gasteiger charge is 2.20. The van der Waals surface area contributed by atoms with E-state index >= 15 is 0 Å². The zero-order chi connectivity index (χ0) is 18.6.